The second-order valence-corrected chi connectivity index (χ2v) is 5.94. The normalized spacial score (nSPS) is 11.4. The molecule has 2 rings (SSSR count). The molecule has 3 heteroatoms. The fraction of sp³-hybridized carbons (Fsp3) is 0.375. The molecule has 0 spiro atoms. The van der Waals surface area contributed by atoms with E-state index in [9.17, 15) is 5.26 Å². The number of aromatic nitrogens is 2. The zero-order valence-corrected chi connectivity index (χ0v) is 12.2. The summed E-state index contributed by atoms with van der Waals surface area (Å²) in [5.41, 5.74) is 4.91. The number of rotatable bonds is 1. The smallest absolute Gasteiger partial charge is 0.147 e. The molecule has 0 fully saturated rings. The molecule has 0 aliphatic heterocycles. The number of hydrogen-bond acceptors (Lipinski definition) is 2. The van der Waals surface area contributed by atoms with E-state index in [-0.39, 0.29) is 5.41 Å². The Morgan fingerprint density at radius 3 is 2.53 bits per heavy atom. The van der Waals surface area contributed by atoms with Crippen LogP contribution in [-0.4, -0.2) is 9.55 Å². The first-order chi connectivity index (χ1) is 8.84. The first-order valence-electron chi connectivity index (χ1n) is 6.37. The summed E-state index contributed by atoms with van der Waals surface area (Å²) >= 11 is 0. The maximum Gasteiger partial charge on any atom is 0.147 e. The van der Waals surface area contributed by atoms with E-state index < -0.39 is 0 Å². The van der Waals surface area contributed by atoms with E-state index in [0.29, 0.717) is 5.69 Å². The molecule has 98 valence electrons. The Labute approximate surface area is 114 Å². The highest BCUT2D eigenvalue weighted by atomic mass is 15.0. The molecule has 0 aliphatic rings. The van der Waals surface area contributed by atoms with Gasteiger partial charge in [-0.3, -0.25) is 0 Å². The highest BCUT2D eigenvalue weighted by Gasteiger charge is 2.18. The third kappa shape index (κ3) is 2.39. The molecular weight excluding hydrogens is 234 g/mol. The van der Waals surface area contributed by atoms with Crippen LogP contribution in [-0.2, 0) is 12.5 Å². The van der Waals surface area contributed by atoms with Gasteiger partial charge in [0.2, 0.25) is 0 Å². The molecule has 0 unspecified atom stereocenters. The maximum absolute atomic E-state index is 9.26. The lowest BCUT2D eigenvalue weighted by molar-refractivity contribution is 0.590. The van der Waals surface area contributed by atoms with E-state index >= 15 is 0 Å². The summed E-state index contributed by atoms with van der Waals surface area (Å²) in [5.74, 6) is 0. The van der Waals surface area contributed by atoms with Gasteiger partial charge < -0.3 is 4.57 Å². The molecule has 1 aromatic carbocycles. The minimum atomic E-state index is 0.0873. The molecule has 0 N–H and O–H groups in total. The van der Waals surface area contributed by atoms with Crippen molar-refractivity contribution in [1.29, 1.82) is 5.26 Å². The van der Waals surface area contributed by atoms with Crippen molar-refractivity contribution in [2.75, 3.05) is 0 Å². The molecule has 19 heavy (non-hydrogen) atoms. The lowest BCUT2D eigenvalue weighted by atomic mass is 9.85. The monoisotopic (exact) mass is 253 g/mol. The molecule has 0 saturated carbocycles. The minimum Gasteiger partial charge on any atom is -0.325 e. The predicted molar refractivity (Wildman–Crippen MR) is 76.8 cm³/mol. The summed E-state index contributed by atoms with van der Waals surface area (Å²) in [5, 5.41) is 9.26. The van der Waals surface area contributed by atoms with Gasteiger partial charge in [0, 0.05) is 12.6 Å². The molecule has 1 heterocycles. The second-order valence-electron chi connectivity index (χ2n) is 5.94. The summed E-state index contributed by atoms with van der Waals surface area (Å²) in [6.45, 7) is 8.61. The van der Waals surface area contributed by atoms with Gasteiger partial charge in [-0.1, -0.05) is 32.9 Å². The maximum atomic E-state index is 9.26. The fourth-order valence-electron chi connectivity index (χ4n) is 2.10. The summed E-state index contributed by atoms with van der Waals surface area (Å²) in [6, 6.07) is 8.63. The van der Waals surface area contributed by atoms with E-state index in [2.05, 4.69) is 56.9 Å². The van der Waals surface area contributed by atoms with Crippen LogP contribution in [0.15, 0.2) is 24.5 Å². The first-order valence-corrected chi connectivity index (χ1v) is 6.37. The Morgan fingerprint density at radius 1 is 1.26 bits per heavy atom. The van der Waals surface area contributed by atoms with Crippen molar-refractivity contribution in [3.05, 3.63) is 41.3 Å². The highest BCUT2D eigenvalue weighted by molar-refractivity contribution is 5.69. The lowest BCUT2D eigenvalue weighted by Gasteiger charge is -2.20. The SMILES string of the molecule is Cc1ccc(C(C)(C)C)cc1-c1ncn(C)c1C#N. The first kappa shape index (κ1) is 13.4. The number of nitriles is 1. The molecule has 0 aliphatic carbocycles. The third-order valence-corrected chi connectivity index (χ3v) is 3.40. The van der Waals surface area contributed by atoms with Gasteiger partial charge in [-0.05, 0) is 29.5 Å². The van der Waals surface area contributed by atoms with Crippen LogP contribution in [0.5, 0.6) is 0 Å². The molecule has 1 aromatic heterocycles. The van der Waals surface area contributed by atoms with Gasteiger partial charge in [-0.2, -0.15) is 5.26 Å². The third-order valence-electron chi connectivity index (χ3n) is 3.40. The molecule has 2 aromatic rings. The fourth-order valence-corrected chi connectivity index (χ4v) is 2.10. The van der Waals surface area contributed by atoms with Crippen molar-refractivity contribution < 1.29 is 0 Å². The quantitative estimate of drug-likeness (QED) is 0.779. The van der Waals surface area contributed by atoms with Gasteiger partial charge in [-0.25, -0.2) is 4.98 Å². The number of benzene rings is 1. The van der Waals surface area contributed by atoms with Crippen molar-refractivity contribution in [2.45, 2.75) is 33.1 Å². The Bertz CT molecular complexity index is 652. The zero-order valence-electron chi connectivity index (χ0n) is 12.2. The summed E-state index contributed by atoms with van der Waals surface area (Å²) < 4.78 is 1.76. The number of hydrogen-bond donors (Lipinski definition) is 0. The standard InChI is InChI=1S/C16H19N3/c1-11-6-7-12(16(2,3)4)8-13(11)15-14(9-17)19(5)10-18-15/h6-8,10H,1-5H3. The number of imidazole rings is 1. The van der Waals surface area contributed by atoms with E-state index in [1.165, 1.54) is 5.56 Å². The van der Waals surface area contributed by atoms with Crippen molar-refractivity contribution in [1.82, 2.24) is 9.55 Å². The molecular formula is C16H19N3. The van der Waals surface area contributed by atoms with Crippen LogP contribution in [0.2, 0.25) is 0 Å². The number of nitrogens with zero attached hydrogens (tertiary/aromatic N) is 3. The van der Waals surface area contributed by atoms with E-state index in [0.717, 1.165) is 16.8 Å². The van der Waals surface area contributed by atoms with Gasteiger partial charge in [0.05, 0.1) is 6.33 Å². The highest BCUT2D eigenvalue weighted by Crippen LogP contribution is 2.30. The zero-order chi connectivity index (χ0) is 14.2. The van der Waals surface area contributed by atoms with Crippen molar-refractivity contribution >= 4 is 0 Å². The minimum absolute atomic E-state index is 0.0873. The van der Waals surface area contributed by atoms with E-state index in [1.807, 2.05) is 7.05 Å². The van der Waals surface area contributed by atoms with Gasteiger partial charge in [0.15, 0.2) is 0 Å². The van der Waals surface area contributed by atoms with Crippen molar-refractivity contribution in [2.24, 2.45) is 7.05 Å². The molecule has 0 radical (unpaired) electrons. The van der Waals surface area contributed by atoms with Crippen LogP contribution in [0.25, 0.3) is 11.3 Å². The van der Waals surface area contributed by atoms with Crippen LogP contribution in [0.3, 0.4) is 0 Å². The van der Waals surface area contributed by atoms with E-state index in [4.69, 9.17) is 0 Å². The summed E-state index contributed by atoms with van der Waals surface area (Å²) in [6.07, 6.45) is 1.69. The molecule has 0 amide bonds. The topological polar surface area (TPSA) is 41.6 Å². The average Bonchev–Trinajstić information content (AvgIpc) is 2.69. The van der Waals surface area contributed by atoms with Crippen LogP contribution in [0.1, 0.15) is 37.6 Å². The predicted octanol–water partition coefficient (Wildman–Crippen LogP) is 3.56. The van der Waals surface area contributed by atoms with Crippen LogP contribution in [0.4, 0.5) is 0 Å². The van der Waals surface area contributed by atoms with E-state index in [1.54, 1.807) is 10.9 Å². The van der Waals surface area contributed by atoms with Gasteiger partial charge in [-0.15, -0.1) is 0 Å². The van der Waals surface area contributed by atoms with Gasteiger partial charge in [0.1, 0.15) is 17.5 Å². The second kappa shape index (κ2) is 4.55. The lowest BCUT2D eigenvalue weighted by Crippen LogP contribution is -2.11. The van der Waals surface area contributed by atoms with Gasteiger partial charge >= 0.3 is 0 Å². The average molecular weight is 253 g/mol. The molecule has 0 bridgehead atoms. The summed E-state index contributed by atoms with van der Waals surface area (Å²) in [7, 11) is 1.85. The Kier molecular flexibility index (Phi) is 3.20. The van der Waals surface area contributed by atoms with Crippen molar-refractivity contribution in [3.8, 4) is 17.3 Å². The Morgan fingerprint density at radius 2 is 1.95 bits per heavy atom. The Hall–Kier alpha value is -2.08. The molecule has 3 nitrogen and oxygen atoms in total. The number of aryl methyl sites for hydroxylation is 2. The van der Waals surface area contributed by atoms with Crippen LogP contribution >= 0.6 is 0 Å². The van der Waals surface area contributed by atoms with Crippen LogP contribution < -0.4 is 0 Å². The van der Waals surface area contributed by atoms with Gasteiger partial charge in [0.25, 0.3) is 0 Å². The van der Waals surface area contributed by atoms with Crippen LogP contribution in [0, 0.1) is 18.3 Å². The Balaban J connectivity index is 2.66. The molecule has 0 saturated heterocycles. The summed E-state index contributed by atoms with van der Waals surface area (Å²) in [4.78, 5) is 4.38. The van der Waals surface area contributed by atoms with Crippen molar-refractivity contribution in [3.63, 3.8) is 0 Å². The molecule has 0 atom stereocenters. The largest absolute Gasteiger partial charge is 0.325 e.